The van der Waals surface area contributed by atoms with Gasteiger partial charge in [0.05, 0.1) is 15.6 Å². The third-order valence-electron chi connectivity index (χ3n) is 5.44. The van der Waals surface area contributed by atoms with E-state index in [-0.39, 0.29) is 22.0 Å². The third-order valence-corrected chi connectivity index (χ3v) is 6.07. The molecule has 0 radical (unpaired) electrons. The number of nitrogens with one attached hydrogen (secondary N) is 2. The highest BCUT2D eigenvalue weighted by molar-refractivity contribution is 6.40. The minimum atomic E-state index is -1.31. The van der Waals surface area contributed by atoms with E-state index in [1.807, 2.05) is 0 Å². The molecule has 9 nitrogen and oxygen atoms in total. The van der Waals surface area contributed by atoms with Crippen molar-refractivity contribution < 1.29 is 29.0 Å². The molecule has 1 fully saturated rings. The van der Waals surface area contributed by atoms with Crippen molar-refractivity contribution in [3.63, 3.8) is 0 Å². The summed E-state index contributed by atoms with van der Waals surface area (Å²) < 4.78 is 5.31. The van der Waals surface area contributed by atoms with Crippen LogP contribution in [0.15, 0.2) is 42.5 Å². The zero-order valence-corrected chi connectivity index (χ0v) is 21.5. The standard InChI is InChI=1S/C25H27Cl2N3O6/c1-25(2,3)36-24(35)30-12-11-19(30)21(31)29-18(23(33)34)13-14-7-4-5-10-17(14)28-22(32)20-15(26)8-6-9-16(20)27/h4-10,18-19H,11-13H2,1-3H3,(H,28,32)(H,29,31)(H,33,34). The summed E-state index contributed by atoms with van der Waals surface area (Å²) in [5.41, 5.74) is 0.183. The van der Waals surface area contributed by atoms with E-state index in [4.69, 9.17) is 27.9 Å². The number of ether oxygens (including phenoxy) is 1. The normalized spacial score (nSPS) is 15.9. The highest BCUT2D eigenvalue weighted by Crippen LogP contribution is 2.27. The number of aliphatic carboxylic acids is 1. The summed E-state index contributed by atoms with van der Waals surface area (Å²) in [5, 5.41) is 15.3. The first-order valence-corrected chi connectivity index (χ1v) is 12.0. The molecule has 0 aromatic heterocycles. The number of amides is 3. The second kappa shape index (κ2) is 11.2. The van der Waals surface area contributed by atoms with Crippen LogP contribution in [0, 0.1) is 0 Å². The molecule has 3 amide bonds. The summed E-state index contributed by atoms with van der Waals surface area (Å²) in [6.07, 6.45) is -0.359. The van der Waals surface area contributed by atoms with Gasteiger partial charge in [-0.05, 0) is 51.0 Å². The summed E-state index contributed by atoms with van der Waals surface area (Å²) in [6.45, 7) is 5.49. The fourth-order valence-electron chi connectivity index (χ4n) is 3.61. The van der Waals surface area contributed by atoms with Crippen LogP contribution in [0.2, 0.25) is 10.0 Å². The fraction of sp³-hybridized carbons (Fsp3) is 0.360. The van der Waals surface area contributed by atoms with Crippen LogP contribution in [0.3, 0.4) is 0 Å². The molecule has 2 unspecified atom stereocenters. The summed E-state index contributed by atoms with van der Waals surface area (Å²) in [7, 11) is 0. The monoisotopic (exact) mass is 535 g/mol. The van der Waals surface area contributed by atoms with Gasteiger partial charge in [-0.3, -0.25) is 14.5 Å². The summed E-state index contributed by atoms with van der Waals surface area (Å²) >= 11 is 12.2. The van der Waals surface area contributed by atoms with Crippen molar-refractivity contribution in [2.24, 2.45) is 0 Å². The van der Waals surface area contributed by atoms with E-state index < -0.39 is 41.6 Å². The van der Waals surface area contributed by atoms with Crippen molar-refractivity contribution in [1.29, 1.82) is 0 Å². The van der Waals surface area contributed by atoms with Gasteiger partial charge in [0, 0.05) is 18.7 Å². The van der Waals surface area contributed by atoms with Gasteiger partial charge in [-0.1, -0.05) is 47.5 Å². The maximum atomic E-state index is 12.8. The Balaban J connectivity index is 1.72. The molecule has 1 saturated heterocycles. The van der Waals surface area contributed by atoms with E-state index >= 15 is 0 Å². The molecular formula is C25H27Cl2N3O6. The highest BCUT2D eigenvalue weighted by Gasteiger charge is 2.41. The Bertz CT molecular complexity index is 1160. The SMILES string of the molecule is CC(C)(C)OC(=O)N1CCC1C(=O)NC(Cc1ccccc1NC(=O)c1c(Cl)cccc1Cl)C(=O)O. The maximum absolute atomic E-state index is 12.8. The van der Waals surface area contributed by atoms with Crippen LogP contribution in [0.5, 0.6) is 0 Å². The smallest absolute Gasteiger partial charge is 0.410 e. The second-order valence-electron chi connectivity index (χ2n) is 9.29. The van der Waals surface area contributed by atoms with Crippen LogP contribution in [0.1, 0.15) is 43.1 Å². The molecule has 3 N–H and O–H groups in total. The predicted octanol–water partition coefficient (Wildman–Crippen LogP) is 4.37. The second-order valence-corrected chi connectivity index (χ2v) is 10.1. The minimum Gasteiger partial charge on any atom is -0.480 e. The average molecular weight is 536 g/mol. The van der Waals surface area contributed by atoms with Gasteiger partial charge in [-0.25, -0.2) is 9.59 Å². The van der Waals surface area contributed by atoms with Crippen molar-refractivity contribution in [3.8, 4) is 0 Å². The minimum absolute atomic E-state index is 0.0888. The van der Waals surface area contributed by atoms with Crippen molar-refractivity contribution in [1.82, 2.24) is 10.2 Å². The number of hydrogen-bond acceptors (Lipinski definition) is 5. The number of anilines is 1. The van der Waals surface area contributed by atoms with Gasteiger partial charge in [0.15, 0.2) is 0 Å². The van der Waals surface area contributed by atoms with Crippen molar-refractivity contribution in [2.75, 3.05) is 11.9 Å². The van der Waals surface area contributed by atoms with Gasteiger partial charge in [-0.2, -0.15) is 0 Å². The van der Waals surface area contributed by atoms with Crippen molar-refractivity contribution >= 4 is 52.8 Å². The molecule has 3 rings (SSSR count). The Morgan fingerprint density at radius 1 is 1.08 bits per heavy atom. The molecule has 1 aliphatic rings. The molecule has 0 saturated carbocycles. The Hall–Kier alpha value is -3.30. The molecule has 0 bridgehead atoms. The lowest BCUT2D eigenvalue weighted by Crippen LogP contribution is -2.61. The number of likely N-dealkylation sites (tertiary alicyclic amines) is 1. The number of rotatable bonds is 7. The molecule has 0 aliphatic carbocycles. The van der Waals surface area contributed by atoms with Gasteiger partial charge in [0.1, 0.15) is 17.7 Å². The van der Waals surface area contributed by atoms with Gasteiger partial charge < -0.3 is 20.5 Å². The number of carbonyl (C=O) groups excluding carboxylic acids is 3. The zero-order chi connectivity index (χ0) is 26.6. The van der Waals surface area contributed by atoms with E-state index in [0.717, 1.165) is 0 Å². The summed E-state index contributed by atoms with van der Waals surface area (Å²) in [4.78, 5) is 51.2. The lowest BCUT2D eigenvalue weighted by Gasteiger charge is -2.40. The molecular weight excluding hydrogens is 509 g/mol. The van der Waals surface area contributed by atoms with Gasteiger partial charge in [-0.15, -0.1) is 0 Å². The molecule has 192 valence electrons. The third kappa shape index (κ3) is 6.67. The van der Waals surface area contributed by atoms with E-state index in [1.165, 1.54) is 17.0 Å². The number of nitrogens with zero attached hydrogens (tertiary/aromatic N) is 1. The van der Waals surface area contributed by atoms with Gasteiger partial charge >= 0.3 is 12.1 Å². The summed E-state index contributed by atoms with van der Waals surface area (Å²) in [5.74, 6) is -2.41. The maximum Gasteiger partial charge on any atom is 0.410 e. The Labute approximate surface area is 218 Å². The average Bonchev–Trinajstić information content (AvgIpc) is 2.72. The molecule has 1 aliphatic heterocycles. The number of hydrogen-bond donors (Lipinski definition) is 3. The first-order valence-electron chi connectivity index (χ1n) is 11.2. The molecule has 0 spiro atoms. The van der Waals surface area contributed by atoms with Gasteiger partial charge in [0.2, 0.25) is 5.91 Å². The van der Waals surface area contributed by atoms with Crippen LogP contribution in [0.25, 0.3) is 0 Å². The Kier molecular flexibility index (Phi) is 8.47. The molecule has 2 aromatic rings. The molecule has 2 aromatic carbocycles. The molecule has 11 heteroatoms. The molecule has 2 atom stereocenters. The summed E-state index contributed by atoms with van der Waals surface area (Å²) in [6, 6.07) is 9.16. The number of para-hydroxylation sites is 1. The predicted molar refractivity (Wildman–Crippen MR) is 135 cm³/mol. The largest absolute Gasteiger partial charge is 0.480 e. The zero-order valence-electron chi connectivity index (χ0n) is 20.0. The van der Waals surface area contributed by atoms with E-state index in [0.29, 0.717) is 24.2 Å². The highest BCUT2D eigenvalue weighted by atomic mass is 35.5. The topological polar surface area (TPSA) is 125 Å². The number of benzene rings is 2. The van der Waals surface area contributed by atoms with Crippen LogP contribution >= 0.6 is 23.2 Å². The Morgan fingerprint density at radius 3 is 2.28 bits per heavy atom. The lowest BCUT2D eigenvalue weighted by atomic mass is 10.00. The van der Waals surface area contributed by atoms with Crippen LogP contribution in [-0.4, -0.2) is 58.1 Å². The van der Waals surface area contributed by atoms with Gasteiger partial charge in [0.25, 0.3) is 5.91 Å². The molecule has 36 heavy (non-hydrogen) atoms. The van der Waals surface area contributed by atoms with Crippen LogP contribution in [0.4, 0.5) is 10.5 Å². The number of carboxylic acid groups (broad SMARTS) is 1. The fourth-order valence-corrected chi connectivity index (χ4v) is 4.18. The number of carboxylic acids is 1. The Morgan fingerprint density at radius 2 is 1.72 bits per heavy atom. The first kappa shape index (κ1) is 27.3. The number of carbonyl (C=O) groups is 4. The number of halogens is 2. The van der Waals surface area contributed by atoms with E-state index in [1.54, 1.807) is 51.1 Å². The lowest BCUT2D eigenvalue weighted by molar-refractivity contribution is -0.143. The quantitative estimate of drug-likeness (QED) is 0.483. The van der Waals surface area contributed by atoms with Crippen LogP contribution in [-0.2, 0) is 20.7 Å². The first-order chi connectivity index (χ1) is 16.9. The van der Waals surface area contributed by atoms with Crippen molar-refractivity contribution in [3.05, 3.63) is 63.6 Å². The van der Waals surface area contributed by atoms with Crippen LogP contribution < -0.4 is 10.6 Å². The van der Waals surface area contributed by atoms with Crippen molar-refractivity contribution in [2.45, 2.75) is 51.3 Å². The molecule has 1 heterocycles. The van der Waals surface area contributed by atoms with E-state index in [9.17, 15) is 24.3 Å². The van der Waals surface area contributed by atoms with E-state index in [2.05, 4.69) is 10.6 Å².